The van der Waals surface area contributed by atoms with Crippen LogP contribution in [0.3, 0.4) is 0 Å². The fraction of sp³-hybridized carbons (Fsp3) is 0.154. The van der Waals surface area contributed by atoms with Gasteiger partial charge in [-0.25, -0.2) is 9.37 Å². The summed E-state index contributed by atoms with van der Waals surface area (Å²) in [6.45, 7) is 6.01. The van der Waals surface area contributed by atoms with Gasteiger partial charge in [0.15, 0.2) is 0 Å². The zero-order valence-electron chi connectivity index (χ0n) is 9.95. The number of nitrogens with zero attached hydrogens (tertiary/aromatic N) is 2. The predicted octanol–water partition coefficient (Wildman–Crippen LogP) is 3.42. The van der Waals surface area contributed by atoms with Crippen LogP contribution in [0, 0.1) is 12.7 Å². The number of rotatable bonds is 3. The summed E-state index contributed by atoms with van der Waals surface area (Å²) in [6.07, 6.45) is 1.72. The quantitative estimate of drug-likeness (QED) is 0.864. The van der Waals surface area contributed by atoms with E-state index in [0.717, 1.165) is 5.82 Å². The van der Waals surface area contributed by atoms with Crippen molar-refractivity contribution in [3.8, 4) is 11.3 Å². The second-order valence-electron chi connectivity index (χ2n) is 3.92. The molecule has 0 bridgehead atoms. The number of anilines is 1. The summed E-state index contributed by atoms with van der Waals surface area (Å²) in [5, 5.41) is 0.345. The van der Waals surface area contributed by atoms with E-state index in [9.17, 15) is 4.39 Å². The number of allylic oxidation sites excluding steroid dienone is 1. The molecule has 0 aliphatic heterocycles. The zero-order valence-corrected chi connectivity index (χ0v) is 10.7. The Morgan fingerprint density at radius 3 is 2.89 bits per heavy atom. The van der Waals surface area contributed by atoms with Crippen molar-refractivity contribution in [1.29, 1.82) is 0 Å². The molecule has 18 heavy (non-hydrogen) atoms. The summed E-state index contributed by atoms with van der Waals surface area (Å²) >= 11 is 5.72. The Balaban J connectivity index is 2.57. The van der Waals surface area contributed by atoms with Crippen LogP contribution in [0.4, 0.5) is 10.2 Å². The third-order valence-electron chi connectivity index (χ3n) is 2.70. The number of hydrogen-bond acceptors (Lipinski definition) is 2. The van der Waals surface area contributed by atoms with Crippen LogP contribution in [0.1, 0.15) is 5.82 Å². The molecule has 0 aliphatic rings. The SMILES string of the molecule is C=CCn1c(C)nc(-c2ccc(Cl)cc2F)c1N. The average Bonchev–Trinajstić information content (AvgIpc) is 2.58. The van der Waals surface area contributed by atoms with Crippen molar-refractivity contribution in [2.24, 2.45) is 0 Å². The third-order valence-corrected chi connectivity index (χ3v) is 2.93. The molecule has 94 valence electrons. The molecule has 0 unspecified atom stereocenters. The van der Waals surface area contributed by atoms with Crippen molar-refractivity contribution >= 4 is 17.4 Å². The van der Waals surface area contributed by atoms with Crippen LogP contribution in [0.2, 0.25) is 5.02 Å². The molecule has 2 rings (SSSR count). The van der Waals surface area contributed by atoms with Gasteiger partial charge in [0.1, 0.15) is 23.2 Å². The molecule has 0 radical (unpaired) electrons. The van der Waals surface area contributed by atoms with Crippen LogP contribution in [-0.4, -0.2) is 9.55 Å². The van der Waals surface area contributed by atoms with Crippen LogP contribution in [0.5, 0.6) is 0 Å². The molecular weight excluding hydrogens is 253 g/mol. The van der Waals surface area contributed by atoms with Gasteiger partial charge < -0.3 is 10.3 Å². The molecule has 0 saturated heterocycles. The van der Waals surface area contributed by atoms with Crippen molar-refractivity contribution in [3.63, 3.8) is 0 Å². The molecular formula is C13H13ClFN3. The highest BCUT2D eigenvalue weighted by atomic mass is 35.5. The molecule has 1 aromatic carbocycles. The van der Waals surface area contributed by atoms with Gasteiger partial charge in [-0.3, -0.25) is 0 Å². The van der Waals surface area contributed by atoms with E-state index in [1.54, 1.807) is 22.8 Å². The lowest BCUT2D eigenvalue weighted by Crippen LogP contribution is -2.03. The zero-order chi connectivity index (χ0) is 13.3. The molecule has 0 aliphatic carbocycles. The van der Waals surface area contributed by atoms with Gasteiger partial charge in [-0.05, 0) is 25.1 Å². The summed E-state index contributed by atoms with van der Waals surface area (Å²) in [5.74, 6) is 0.711. The van der Waals surface area contributed by atoms with Crippen LogP contribution in [0.25, 0.3) is 11.3 Å². The Morgan fingerprint density at radius 2 is 2.28 bits per heavy atom. The van der Waals surface area contributed by atoms with Gasteiger partial charge in [-0.15, -0.1) is 6.58 Å². The maximum Gasteiger partial charge on any atom is 0.134 e. The van der Waals surface area contributed by atoms with E-state index in [2.05, 4.69) is 11.6 Å². The Bertz CT molecular complexity index is 605. The standard InChI is InChI=1S/C13H13ClFN3/c1-3-6-18-8(2)17-12(13(18)16)10-5-4-9(14)7-11(10)15/h3-5,7H,1,6,16H2,2H3. The predicted molar refractivity (Wildman–Crippen MR) is 72.0 cm³/mol. The van der Waals surface area contributed by atoms with Gasteiger partial charge >= 0.3 is 0 Å². The summed E-state index contributed by atoms with van der Waals surface area (Å²) in [4.78, 5) is 4.30. The maximum absolute atomic E-state index is 13.8. The van der Waals surface area contributed by atoms with E-state index in [0.29, 0.717) is 28.6 Å². The van der Waals surface area contributed by atoms with Crippen LogP contribution >= 0.6 is 11.6 Å². The lowest BCUT2D eigenvalue weighted by Gasteiger charge is -2.05. The minimum absolute atomic E-state index is 0.345. The van der Waals surface area contributed by atoms with Crippen molar-refractivity contribution in [2.75, 3.05) is 5.73 Å². The molecule has 0 fully saturated rings. The minimum Gasteiger partial charge on any atom is -0.383 e. The number of benzene rings is 1. The first kappa shape index (κ1) is 12.6. The van der Waals surface area contributed by atoms with Gasteiger partial charge in [0.05, 0.1) is 0 Å². The molecule has 2 aromatic rings. The normalized spacial score (nSPS) is 10.6. The van der Waals surface area contributed by atoms with Gasteiger partial charge in [0.25, 0.3) is 0 Å². The van der Waals surface area contributed by atoms with E-state index in [1.807, 2.05) is 6.92 Å². The first-order valence-corrected chi connectivity index (χ1v) is 5.81. The first-order valence-electron chi connectivity index (χ1n) is 5.43. The number of imidazole rings is 1. The van der Waals surface area contributed by atoms with Crippen molar-refractivity contribution in [1.82, 2.24) is 9.55 Å². The summed E-state index contributed by atoms with van der Waals surface area (Å²) in [5.41, 5.74) is 6.77. The second kappa shape index (κ2) is 4.82. The monoisotopic (exact) mass is 265 g/mol. The molecule has 0 amide bonds. The average molecular weight is 266 g/mol. The van der Waals surface area contributed by atoms with Crippen LogP contribution in [-0.2, 0) is 6.54 Å². The first-order chi connectivity index (χ1) is 8.54. The molecule has 1 aromatic heterocycles. The van der Waals surface area contributed by atoms with Crippen LogP contribution in [0.15, 0.2) is 30.9 Å². The molecule has 5 heteroatoms. The summed E-state index contributed by atoms with van der Waals surface area (Å²) < 4.78 is 15.6. The molecule has 0 spiro atoms. The van der Waals surface area contributed by atoms with Gasteiger partial charge in [-0.2, -0.15) is 0 Å². The molecule has 2 N–H and O–H groups in total. The fourth-order valence-electron chi connectivity index (χ4n) is 1.82. The van der Waals surface area contributed by atoms with Gasteiger partial charge in [0.2, 0.25) is 0 Å². The van der Waals surface area contributed by atoms with Gasteiger partial charge in [-0.1, -0.05) is 17.7 Å². The van der Waals surface area contributed by atoms with Crippen LogP contribution < -0.4 is 5.73 Å². The number of hydrogen-bond donors (Lipinski definition) is 1. The lowest BCUT2D eigenvalue weighted by atomic mass is 10.1. The van der Waals surface area contributed by atoms with E-state index < -0.39 is 5.82 Å². The number of nitrogens with two attached hydrogens (primary N) is 1. The van der Waals surface area contributed by atoms with E-state index >= 15 is 0 Å². The number of aromatic nitrogens is 2. The highest BCUT2D eigenvalue weighted by Crippen LogP contribution is 2.29. The number of halogens is 2. The van der Waals surface area contributed by atoms with Crippen molar-refractivity contribution < 1.29 is 4.39 Å². The molecule has 0 saturated carbocycles. The molecule has 3 nitrogen and oxygen atoms in total. The third kappa shape index (κ3) is 2.11. The second-order valence-corrected chi connectivity index (χ2v) is 4.35. The summed E-state index contributed by atoms with van der Waals surface area (Å²) in [7, 11) is 0. The Morgan fingerprint density at radius 1 is 1.56 bits per heavy atom. The Hall–Kier alpha value is -1.81. The Labute approximate surface area is 110 Å². The topological polar surface area (TPSA) is 43.8 Å². The smallest absolute Gasteiger partial charge is 0.134 e. The van der Waals surface area contributed by atoms with E-state index in [-0.39, 0.29) is 0 Å². The Kier molecular flexibility index (Phi) is 3.39. The van der Waals surface area contributed by atoms with Crippen molar-refractivity contribution in [3.05, 3.63) is 47.5 Å². The highest BCUT2D eigenvalue weighted by Gasteiger charge is 2.16. The number of nitrogen functional groups attached to an aromatic ring is 1. The largest absolute Gasteiger partial charge is 0.383 e. The maximum atomic E-state index is 13.8. The minimum atomic E-state index is -0.433. The highest BCUT2D eigenvalue weighted by molar-refractivity contribution is 6.30. The van der Waals surface area contributed by atoms with E-state index in [4.69, 9.17) is 17.3 Å². The van der Waals surface area contributed by atoms with E-state index in [1.165, 1.54) is 6.07 Å². The number of aryl methyl sites for hydroxylation is 1. The molecule has 1 heterocycles. The summed E-state index contributed by atoms with van der Waals surface area (Å²) in [6, 6.07) is 4.44. The molecule has 0 atom stereocenters. The van der Waals surface area contributed by atoms with Gasteiger partial charge in [0, 0.05) is 17.1 Å². The van der Waals surface area contributed by atoms with Crippen molar-refractivity contribution in [2.45, 2.75) is 13.5 Å². The lowest BCUT2D eigenvalue weighted by molar-refractivity contribution is 0.631. The fourth-order valence-corrected chi connectivity index (χ4v) is 1.98.